The molecule has 0 heterocycles. The molecule has 0 aliphatic heterocycles. The van der Waals surface area contributed by atoms with Gasteiger partial charge < -0.3 is 15.6 Å². The fourth-order valence-corrected chi connectivity index (χ4v) is 5.29. The summed E-state index contributed by atoms with van der Waals surface area (Å²) >= 11 is 6.59. The second-order valence-electron chi connectivity index (χ2n) is 3.67. The van der Waals surface area contributed by atoms with E-state index < -0.39 is 11.9 Å². The number of anilines is 1. The number of carboxylic acids is 1. The first-order valence-corrected chi connectivity index (χ1v) is 8.24. The topological polar surface area (TPSA) is 66.2 Å². The Kier molecular flexibility index (Phi) is 10.6. The van der Waals surface area contributed by atoms with Gasteiger partial charge in [0.05, 0.1) is 5.69 Å². The van der Waals surface area contributed by atoms with Gasteiger partial charge in [-0.1, -0.05) is 6.92 Å². The number of carbonyl (C=O) groups is 1. The molecule has 0 spiro atoms. The molecule has 0 amide bonds. The van der Waals surface area contributed by atoms with E-state index in [0.717, 1.165) is 22.0 Å². The average molecular weight is 609 g/mol. The number of aliphatic carboxylic acids is 1. The number of nitrogens with two attached hydrogens (primary N) is 1. The van der Waals surface area contributed by atoms with E-state index >= 15 is 0 Å². The predicted octanol–water partition coefficient (Wildman–Crippen LogP) is -0.595. The van der Waals surface area contributed by atoms with E-state index in [2.05, 4.69) is 67.8 Å². The number of hydrogen-bond donors (Lipinski definition) is 1. The van der Waals surface area contributed by atoms with Crippen LogP contribution in [0.1, 0.15) is 18.9 Å². The van der Waals surface area contributed by atoms with Crippen molar-refractivity contribution in [3.8, 4) is 0 Å². The maximum Gasteiger partial charge on any atom is 1.00 e. The summed E-state index contributed by atoms with van der Waals surface area (Å²) < 4.78 is 3.02. The first-order chi connectivity index (χ1) is 7.88. The number of rotatable bonds is 4. The number of carboxylic acid groups (broad SMARTS) is 1. The summed E-state index contributed by atoms with van der Waals surface area (Å²) in [6.07, 6.45) is 1.05. The molecule has 0 aliphatic rings. The Labute approximate surface area is 190 Å². The molecule has 0 saturated heterocycles. The van der Waals surface area contributed by atoms with Gasteiger partial charge >= 0.3 is 51.4 Å². The van der Waals surface area contributed by atoms with E-state index in [-0.39, 0.29) is 51.4 Å². The van der Waals surface area contributed by atoms with E-state index in [0.29, 0.717) is 12.8 Å². The zero-order valence-electron chi connectivity index (χ0n) is 10.1. The number of halogens is 3. The molecule has 0 fully saturated rings. The van der Waals surface area contributed by atoms with Crippen molar-refractivity contribution in [3.05, 3.63) is 22.3 Å². The number of carbonyl (C=O) groups excluding carboxylic acids is 1. The van der Waals surface area contributed by atoms with E-state index in [9.17, 15) is 9.90 Å². The molecule has 0 saturated carbocycles. The van der Waals surface area contributed by atoms with Crippen LogP contribution in [0.2, 0.25) is 0 Å². The molecule has 0 aromatic heterocycles. The van der Waals surface area contributed by atoms with Gasteiger partial charge in [-0.3, -0.25) is 0 Å². The Balaban J connectivity index is 0.00000289. The molecule has 0 aliphatic carbocycles. The smallest absolute Gasteiger partial charge is 0.550 e. The van der Waals surface area contributed by atoms with Crippen LogP contribution in [0.4, 0.5) is 5.69 Å². The number of hydrogen-bond acceptors (Lipinski definition) is 3. The molecule has 1 rings (SSSR count). The van der Waals surface area contributed by atoms with E-state index in [1.165, 1.54) is 0 Å². The molecule has 0 radical (unpaired) electrons. The Hall–Kier alpha value is 2.32. The van der Waals surface area contributed by atoms with E-state index in [4.69, 9.17) is 5.73 Å². The van der Waals surface area contributed by atoms with Crippen LogP contribution in [0.5, 0.6) is 0 Å². The third-order valence-electron chi connectivity index (χ3n) is 2.58. The molecular weight excluding hydrogens is 598 g/mol. The van der Waals surface area contributed by atoms with Crippen molar-refractivity contribution in [1.82, 2.24) is 0 Å². The van der Waals surface area contributed by atoms with Crippen molar-refractivity contribution in [3.63, 3.8) is 0 Å². The van der Waals surface area contributed by atoms with Crippen LogP contribution >= 0.6 is 67.8 Å². The zero-order chi connectivity index (χ0) is 13.2. The van der Waals surface area contributed by atoms with Crippen LogP contribution in [0.25, 0.3) is 0 Å². The molecule has 7 heteroatoms. The Morgan fingerprint density at radius 2 is 1.94 bits per heavy atom. The van der Waals surface area contributed by atoms with Crippen molar-refractivity contribution in [2.24, 2.45) is 5.92 Å². The van der Waals surface area contributed by atoms with Crippen LogP contribution in [0, 0.1) is 16.6 Å². The van der Waals surface area contributed by atoms with Gasteiger partial charge in [0.2, 0.25) is 0 Å². The first kappa shape index (κ1) is 20.3. The monoisotopic (exact) mass is 609 g/mol. The number of nitrogen functional groups attached to an aromatic ring is 1. The summed E-state index contributed by atoms with van der Waals surface area (Å²) in [5.74, 6) is -1.44. The van der Waals surface area contributed by atoms with Crippen molar-refractivity contribution < 1.29 is 61.3 Å². The summed E-state index contributed by atoms with van der Waals surface area (Å²) in [4.78, 5) is 11.0. The van der Waals surface area contributed by atoms with Crippen LogP contribution < -0.4 is 62.2 Å². The van der Waals surface area contributed by atoms with Gasteiger partial charge in [0.1, 0.15) is 0 Å². The summed E-state index contributed by atoms with van der Waals surface area (Å²) in [7, 11) is 0. The zero-order valence-corrected chi connectivity index (χ0v) is 19.7. The quantitative estimate of drug-likeness (QED) is 0.282. The molecule has 2 N–H and O–H groups in total. The van der Waals surface area contributed by atoms with Gasteiger partial charge in [0.15, 0.2) is 0 Å². The molecular formula is C11H11I3KNO2. The SMILES string of the molecule is CCC(Cc1c(I)cc(I)c(N)c1I)C(=O)[O-].[K+]. The summed E-state index contributed by atoms with van der Waals surface area (Å²) in [6.45, 7) is 1.86. The van der Waals surface area contributed by atoms with Crippen molar-refractivity contribution in [2.75, 3.05) is 5.73 Å². The molecule has 1 aromatic rings. The van der Waals surface area contributed by atoms with Crippen LogP contribution in [-0.2, 0) is 11.2 Å². The Morgan fingerprint density at radius 1 is 1.39 bits per heavy atom. The minimum Gasteiger partial charge on any atom is -0.550 e. The van der Waals surface area contributed by atoms with Gasteiger partial charge in [-0.15, -0.1) is 0 Å². The van der Waals surface area contributed by atoms with Gasteiger partial charge in [0, 0.05) is 22.6 Å². The molecule has 18 heavy (non-hydrogen) atoms. The molecule has 1 atom stereocenters. The molecule has 94 valence electrons. The van der Waals surface area contributed by atoms with Gasteiger partial charge in [-0.05, 0) is 92.2 Å². The minimum absolute atomic E-state index is 0. The minimum atomic E-state index is -0.990. The maximum atomic E-state index is 11.0. The summed E-state index contributed by atoms with van der Waals surface area (Å²) in [6, 6.07) is 1.98. The van der Waals surface area contributed by atoms with Crippen molar-refractivity contribution in [2.45, 2.75) is 19.8 Å². The Bertz CT molecular complexity index is 454. The van der Waals surface area contributed by atoms with Gasteiger partial charge in [0.25, 0.3) is 0 Å². The normalized spacial score (nSPS) is 11.8. The Morgan fingerprint density at radius 3 is 2.39 bits per heavy atom. The molecule has 1 unspecified atom stereocenters. The van der Waals surface area contributed by atoms with Crippen molar-refractivity contribution in [1.29, 1.82) is 0 Å². The summed E-state index contributed by atoms with van der Waals surface area (Å²) in [5, 5.41) is 11.0. The van der Waals surface area contributed by atoms with Crippen LogP contribution in [-0.4, -0.2) is 5.97 Å². The average Bonchev–Trinajstić information content (AvgIpc) is 2.26. The summed E-state index contributed by atoms with van der Waals surface area (Å²) in [5.41, 5.74) is 7.71. The van der Waals surface area contributed by atoms with Crippen molar-refractivity contribution >= 4 is 79.4 Å². The first-order valence-electron chi connectivity index (χ1n) is 5.01. The largest absolute Gasteiger partial charge is 1.00 e. The number of benzene rings is 1. The fourth-order valence-electron chi connectivity index (χ4n) is 1.48. The molecule has 0 bridgehead atoms. The second-order valence-corrected chi connectivity index (χ2v) is 7.08. The maximum absolute atomic E-state index is 11.0. The molecule has 1 aromatic carbocycles. The molecule has 3 nitrogen and oxygen atoms in total. The third-order valence-corrected chi connectivity index (χ3v) is 5.66. The van der Waals surface area contributed by atoms with Gasteiger partial charge in [-0.2, -0.15) is 0 Å². The third kappa shape index (κ3) is 5.26. The van der Waals surface area contributed by atoms with Crippen LogP contribution in [0.15, 0.2) is 6.07 Å². The van der Waals surface area contributed by atoms with Crippen LogP contribution in [0.3, 0.4) is 0 Å². The van der Waals surface area contributed by atoms with E-state index in [1.54, 1.807) is 0 Å². The van der Waals surface area contributed by atoms with Gasteiger partial charge in [-0.25, -0.2) is 0 Å². The predicted molar refractivity (Wildman–Crippen MR) is 91.5 cm³/mol. The van der Waals surface area contributed by atoms with E-state index in [1.807, 2.05) is 13.0 Å². The standard InChI is InChI=1S/C11H12I3NO2.K/c1-2-5(11(16)17)3-6-7(12)4-8(13)10(15)9(6)14;/h4-5H,2-3,15H2,1H3,(H,16,17);/q;+1/p-1. The second kappa shape index (κ2) is 9.36. The fraction of sp³-hybridized carbons (Fsp3) is 0.364.